The fraction of sp³-hybridized carbons (Fsp3) is 0.412. The summed E-state index contributed by atoms with van der Waals surface area (Å²) in [5, 5.41) is 3.43. The van der Waals surface area contributed by atoms with Gasteiger partial charge in [0.15, 0.2) is 5.82 Å². The Morgan fingerprint density at radius 3 is 2.38 bits per heavy atom. The largest absolute Gasteiger partial charge is 0.312 e. The summed E-state index contributed by atoms with van der Waals surface area (Å²) in [6.45, 7) is 3.54. The third kappa shape index (κ3) is 3.46. The van der Waals surface area contributed by atoms with Gasteiger partial charge in [-0.15, -0.1) is 0 Å². The predicted molar refractivity (Wildman–Crippen MR) is 84.9 cm³/mol. The third-order valence-corrected chi connectivity index (χ3v) is 4.12. The molecule has 0 aliphatic carbocycles. The van der Waals surface area contributed by atoms with Crippen LogP contribution in [0.3, 0.4) is 0 Å². The highest BCUT2D eigenvalue weighted by Gasteiger charge is 2.17. The SMILES string of the molecule is CNC(CN1CCCC1)c1ccc(-c2ncccn2)cc1. The molecule has 1 aliphatic heterocycles. The Kier molecular flexibility index (Phi) is 4.58. The lowest BCUT2D eigenvalue weighted by Gasteiger charge is -2.23. The molecule has 1 aromatic heterocycles. The summed E-state index contributed by atoms with van der Waals surface area (Å²) in [6.07, 6.45) is 6.22. The van der Waals surface area contributed by atoms with Gasteiger partial charge in [0.05, 0.1) is 0 Å². The number of nitrogens with zero attached hydrogens (tertiary/aromatic N) is 3. The van der Waals surface area contributed by atoms with Gasteiger partial charge in [-0.1, -0.05) is 24.3 Å². The Bertz CT molecular complexity index is 547. The van der Waals surface area contributed by atoms with Crippen molar-refractivity contribution in [2.75, 3.05) is 26.7 Å². The second kappa shape index (κ2) is 6.78. The van der Waals surface area contributed by atoms with E-state index in [1.54, 1.807) is 12.4 Å². The number of likely N-dealkylation sites (N-methyl/N-ethyl adjacent to an activating group) is 1. The molecule has 2 aromatic rings. The van der Waals surface area contributed by atoms with Crippen LogP contribution in [0.25, 0.3) is 11.4 Å². The molecule has 1 aromatic carbocycles. The van der Waals surface area contributed by atoms with Crippen LogP contribution in [0.5, 0.6) is 0 Å². The molecular formula is C17H22N4. The second-order valence-corrected chi connectivity index (χ2v) is 5.54. The van der Waals surface area contributed by atoms with Crippen LogP contribution in [0.15, 0.2) is 42.7 Å². The molecular weight excluding hydrogens is 260 g/mol. The van der Waals surface area contributed by atoms with E-state index in [4.69, 9.17) is 0 Å². The average molecular weight is 282 g/mol. The molecule has 2 heterocycles. The van der Waals surface area contributed by atoms with Crippen molar-refractivity contribution in [2.24, 2.45) is 0 Å². The maximum absolute atomic E-state index is 4.29. The van der Waals surface area contributed by atoms with Crippen LogP contribution >= 0.6 is 0 Å². The number of nitrogens with one attached hydrogen (secondary N) is 1. The van der Waals surface area contributed by atoms with E-state index in [9.17, 15) is 0 Å². The zero-order valence-electron chi connectivity index (χ0n) is 12.5. The minimum atomic E-state index is 0.383. The van der Waals surface area contributed by atoms with Gasteiger partial charge in [-0.25, -0.2) is 9.97 Å². The first-order chi connectivity index (χ1) is 10.4. The molecule has 21 heavy (non-hydrogen) atoms. The Hall–Kier alpha value is -1.78. The van der Waals surface area contributed by atoms with Crippen molar-refractivity contribution >= 4 is 0 Å². The minimum absolute atomic E-state index is 0.383. The summed E-state index contributed by atoms with van der Waals surface area (Å²) >= 11 is 0. The van der Waals surface area contributed by atoms with Crippen LogP contribution in [-0.2, 0) is 0 Å². The van der Waals surface area contributed by atoms with Crippen molar-refractivity contribution in [1.29, 1.82) is 0 Å². The lowest BCUT2D eigenvalue weighted by atomic mass is 10.0. The van der Waals surface area contributed by atoms with Gasteiger partial charge in [0.1, 0.15) is 0 Å². The van der Waals surface area contributed by atoms with E-state index in [0.29, 0.717) is 6.04 Å². The predicted octanol–water partition coefficient (Wildman–Crippen LogP) is 2.50. The number of aromatic nitrogens is 2. The Morgan fingerprint density at radius 2 is 1.76 bits per heavy atom. The van der Waals surface area contributed by atoms with E-state index < -0.39 is 0 Å². The monoisotopic (exact) mass is 282 g/mol. The number of hydrogen-bond acceptors (Lipinski definition) is 4. The lowest BCUT2D eigenvalue weighted by molar-refractivity contribution is 0.299. The van der Waals surface area contributed by atoms with Crippen LogP contribution in [0.4, 0.5) is 0 Å². The highest BCUT2D eigenvalue weighted by atomic mass is 15.2. The van der Waals surface area contributed by atoms with Crippen LogP contribution in [0, 0.1) is 0 Å². The summed E-state index contributed by atoms with van der Waals surface area (Å²) in [7, 11) is 2.04. The Labute approximate surface area is 126 Å². The first-order valence-corrected chi connectivity index (χ1v) is 7.64. The van der Waals surface area contributed by atoms with Gasteiger partial charge in [-0.2, -0.15) is 0 Å². The fourth-order valence-electron chi connectivity index (χ4n) is 2.90. The molecule has 1 atom stereocenters. The molecule has 0 saturated carbocycles. The van der Waals surface area contributed by atoms with E-state index in [1.807, 2.05) is 13.1 Å². The molecule has 4 heteroatoms. The van der Waals surface area contributed by atoms with Gasteiger partial charge in [-0.05, 0) is 44.6 Å². The maximum atomic E-state index is 4.29. The molecule has 0 bridgehead atoms. The van der Waals surface area contributed by atoms with Crippen molar-refractivity contribution in [3.63, 3.8) is 0 Å². The summed E-state index contributed by atoms with van der Waals surface area (Å²) in [5.74, 6) is 0.782. The Morgan fingerprint density at radius 1 is 1.10 bits per heavy atom. The number of benzene rings is 1. The van der Waals surface area contributed by atoms with E-state index in [2.05, 4.69) is 44.5 Å². The topological polar surface area (TPSA) is 41.0 Å². The quantitative estimate of drug-likeness (QED) is 0.915. The average Bonchev–Trinajstić information content (AvgIpc) is 3.07. The molecule has 4 nitrogen and oxygen atoms in total. The molecule has 110 valence electrons. The summed E-state index contributed by atoms with van der Waals surface area (Å²) in [5.41, 5.74) is 2.39. The van der Waals surface area contributed by atoms with Gasteiger partial charge < -0.3 is 10.2 Å². The number of rotatable bonds is 5. The molecule has 0 amide bonds. The highest BCUT2D eigenvalue weighted by Crippen LogP contribution is 2.21. The normalized spacial score (nSPS) is 17.0. The van der Waals surface area contributed by atoms with Gasteiger partial charge in [0.25, 0.3) is 0 Å². The summed E-state index contributed by atoms with van der Waals surface area (Å²) in [6, 6.07) is 10.8. The van der Waals surface area contributed by atoms with E-state index >= 15 is 0 Å². The van der Waals surface area contributed by atoms with Crippen molar-refractivity contribution in [3.05, 3.63) is 48.3 Å². The molecule has 1 unspecified atom stereocenters. The molecule has 1 aliphatic rings. The fourth-order valence-corrected chi connectivity index (χ4v) is 2.90. The van der Waals surface area contributed by atoms with Gasteiger partial charge in [0, 0.05) is 30.5 Å². The first kappa shape index (κ1) is 14.2. The zero-order chi connectivity index (χ0) is 14.5. The van der Waals surface area contributed by atoms with Crippen molar-refractivity contribution < 1.29 is 0 Å². The minimum Gasteiger partial charge on any atom is -0.312 e. The molecule has 1 N–H and O–H groups in total. The third-order valence-electron chi connectivity index (χ3n) is 4.12. The van der Waals surface area contributed by atoms with E-state index in [1.165, 1.54) is 31.5 Å². The van der Waals surface area contributed by atoms with Crippen LogP contribution in [0.2, 0.25) is 0 Å². The molecule has 3 rings (SSSR count). The second-order valence-electron chi connectivity index (χ2n) is 5.54. The van der Waals surface area contributed by atoms with Gasteiger partial charge in [0.2, 0.25) is 0 Å². The van der Waals surface area contributed by atoms with E-state index in [-0.39, 0.29) is 0 Å². The Balaban J connectivity index is 1.72. The zero-order valence-corrected chi connectivity index (χ0v) is 12.5. The van der Waals surface area contributed by atoms with Crippen molar-refractivity contribution in [3.8, 4) is 11.4 Å². The first-order valence-electron chi connectivity index (χ1n) is 7.64. The van der Waals surface area contributed by atoms with Crippen LogP contribution < -0.4 is 5.32 Å². The molecule has 1 fully saturated rings. The molecule has 1 saturated heterocycles. The van der Waals surface area contributed by atoms with Gasteiger partial charge in [-0.3, -0.25) is 0 Å². The van der Waals surface area contributed by atoms with Crippen LogP contribution in [0.1, 0.15) is 24.4 Å². The number of likely N-dealkylation sites (tertiary alicyclic amines) is 1. The standard InChI is InChI=1S/C17H22N4/c1-18-16(13-21-11-2-3-12-21)14-5-7-15(8-6-14)17-19-9-4-10-20-17/h4-10,16,18H,2-3,11-13H2,1H3. The van der Waals surface area contributed by atoms with Crippen LogP contribution in [-0.4, -0.2) is 41.5 Å². The van der Waals surface area contributed by atoms with Crippen molar-refractivity contribution in [2.45, 2.75) is 18.9 Å². The summed E-state index contributed by atoms with van der Waals surface area (Å²) in [4.78, 5) is 11.1. The van der Waals surface area contributed by atoms with E-state index in [0.717, 1.165) is 17.9 Å². The highest BCUT2D eigenvalue weighted by molar-refractivity contribution is 5.55. The lowest BCUT2D eigenvalue weighted by Crippen LogP contribution is -2.31. The number of hydrogen-bond donors (Lipinski definition) is 1. The van der Waals surface area contributed by atoms with Gasteiger partial charge >= 0.3 is 0 Å². The molecule has 0 spiro atoms. The maximum Gasteiger partial charge on any atom is 0.159 e. The molecule has 0 radical (unpaired) electrons. The summed E-state index contributed by atoms with van der Waals surface area (Å²) < 4.78 is 0. The smallest absolute Gasteiger partial charge is 0.159 e. The van der Waals surface area contributed by atoms with Crippen molar-refractivity contribution in [1.82, 2.24) is 20.2 Å².